The van der Waals surface area contributed by atoms with Crippen molar-refractivity contribution in [2.75, 3.05) is 6.54 Å². The molecule has 6 heteroatoms. The highest BCUT2D eigenvalue weighted by Gasteiger charge is 2.39. The van der Waals surface area contributed by atoms with E-state index < -0.39 is 0 Å². The van der Waals surface area contributed by atoms with Crippen LogP contribution >= 0.6 is 23.4 Å². The number of halogens is 1. The number of para-hydroxylation sites is 1. The molecule has 0 radical (unpaired) electrons. The molecule has 1 aliphatic rings. The van der Waals surface area contributed by atoms with Gasteiger partial charge in [-0.25, -0.2) is 0 Å². The van der Waals surface area contributed by atoms with Crippen LogP contribution in [-0.2, 0) is 16.0 Å². The van der Waals surface area contributed by atoms with Gasteiger partial charge in [0.25, 0.3) is 11.8 Å². The number of H-pyrrole nitrogens is 1. The first-order valence-corrected chi connectivity index (χ1v) is 11.5. The maximum absolute atomic E-state index is 13.4. The van der Waals surface area contributed by atoms with Crippen molar-refractivity contribution in [1.82, 2.24) is 9.88 Å². The van der Waals surface area contributed by atoms with Gasteiger partial charge in [-0.05, 0) is 47.9 Å². The summed E-state index contributed by atoms with van der Waals surface area (Å²) < 4.78 is 0. The van der Waals surface area contributed by atoms with Gasteiger partial charge in [-0.15, -0.1) is 0 Å². The van der Waals surface area contributed by atoms with E-state index in [4.69, 9.17) is 11.6 Å². The molecule has 1 aliphatic heterocycles. The molecule has 2 amide bonds. The molecule has 1 N–H and O–H groups in total. The molecule has 0 saturated carbocycles. The lowest BCUT2D eigenvalue weighted by Gasteiger charge is -2.15. The first-order valence-electron chi connectivity index (χ1n) is 10.3. The third kappa shape index (κ3) is 3.85. The molecule has 4 nitrogen and oxygen atoms in total. The average Bonchev–Trinajstić information content (AvgIpc) is 3.33. The summed E-state index contributed by atoms with van der Waals surface area (Å²) in [5.41, 5.74) is 3.25. The average molecular weight is 459 g/mol. The Labute approximate surface area is 194 Å². The van der Waals surface area contributed by atoms with Gasteiger partial charge in [-0.2, -0.15) is 0 Å². The molecule has 4 aromatic rings. The maximum Gasteiger partial charge on any atom is 0.268 e. The fraction of sp³-hybridized carbons (Fsp3) is 0.0769. The second kappa shape index (κ2) is 8.69. The van der Waals surface area contributed by atoms with E-state index in [0.29, 0.717) is 34.0 Å². The van der Waals surface area contributed by atoms with Gasteiger partial charge in [0.1, 0.15) is 0 Å². The number of rotatable bonds is 6. The summed E-state index contributed by atoms with van der Waals surface area (Å²) in [6.45, 7) is 0.315. The Morgan fingerprint density at radius 2 is 1.56 bits per heavy atom. The lowest BCUT2D eigenvalue weighted by Crippen LogP contribution is -2.33. The lowest BCUT2D eigenvalue weighted by molar-refractivity contribution is -0.136. The fourth-order valence-electron chi connectivity index (χ4n) is 3.90. The van der Waals surface area contributed by atoms with E-state index >= 15 is 0 Å². The second-order valence-corrected chi connectivity index (χ2v) is 9.02. The van der Waals surface area contributed by atoms with E-state index in [1.54, 1.807) is 24.3 Å². The van der Waals surface area contributed by atoms with Gasteiger partial charge in [-0.1, -0.05) is 71.9 Å². The Morgan fingerprint density at radius 1 is 0.844 bits per heavy atom. The number of hydrogen-bond acceptors (Lipinski definition) is 3. The summed E-state index contributed by atoms with van der Waals surface area (Å²) in [4.78, 5) is 32.8. The number of thioether (sulfide) groups is 1. The first-order chi connectivity index (χ1) is 15.6. The Bertz CT molecular complexity index is 1340. The molecule has 1 aromatic heterocycles. The molecule has 0 fully saturated rings. The molecule has 5 rings (SSSR count). The summed E-state index contributed by atoms with van der Waals surface area (Å²) in [5.74, 6) is -0.524. The molecular formula is C26H19ClN2O2S. The summed E-state index contributed by atoms with van der Waals surface area (Å²) in [6, 6.07) is 24.7. The van der Waals surface area contributed by atoms with Crippen LogP contribution in [0.25, 0.3) is 16.5 Å². The van der Waals surface area contributed by atoms with E-state index in [2.05, 4.69) is 4.98 Å². The van der Waals surface area contributed by atoms with Crippen molar-refractivity contribution in [3.05, 3.63) is 106 Å². The minimum atomic E-state index is -0.268. The molecule has 32 heavy (non-hydrogen) atoms. The third-order valence-corrected chi connectivity index (χ3v) is 6.84. The first kappa shape index (κ1) is 20.6. The quantitative estimate of drug-likeness (QED) is 0.364. The monoisotopic (exact) mass is 458 g/mol. The Kier molecular flexibility index (Phi) is 5.60. The lowest BCUT2D eigenvalue weighted by atomic mass is 10.1. The number of imide groups is 1. The van der Waals surface area contributed by atoms with Gasteiger partial charge in [0.2, 0.25) is 0 Å². The molecular weight excluding hydrogens is 440 g/mol. The number of amides is 2. The van der Waals surface area contributed by atoms with Crippen LogP contribution in [0, 0.1) is 0 Å². The zero-order valence-corrected chi connectivity index (χ0v) is 18.6. The van der Waals surface area contributed by atoms with Gasteiger partial charge < -0.3 is 4.98 Å². The van der Waals surface area contributed by atoms with Crippen molar-refractivity contribution in [2.24, 2.45) is 0 Å². The second-order valence-electron chi connectivity index (χ2n) is 7.50. The molecule has 3 aromatic carbocycles. The highest BCUT2D eigenvalue weighted by Crippen LogP contribution is 2.40. The van der Waals surface area contributed by atoms with Crippen LogP contribution in [0.3, 0.4) is 0 Å². The van der Waals surface area contributed by atoms with Gasteiger partial charge in [-0.3, -0.25) is 14.5 Å². The summed E-state index contributed by atoms with van der Waals surface area (Å²) in [7, 11) is 0. The number of aromatic amines is 1. The van der Waals surface area contributed by atoms with Crippen molar-refractivity contribution in [3.63, 3.8) is 0 Å². The zero-order chi connectivity index (χ0) is 22.1. The third-order valence-electron chi connectivity index (χ3n) is 5.50. The minimum Gasteiger partial charge on any atom is -0.361 e. The highest BCUT2D eigenvalue weighted by molar-refractivity contribution is 8.04. The summed E-state index contributed by atoms with van der Waals surface area (Å²) in [6.07, 6.45) is 2.53. The maximum atomic E-state index is 13.4. The summed E-state index contributed by atoms with van der Waals surface area (Å²) >= 11 is 7.37. The van der Waals surface area contributed by atoms with E-state index in [1.807, 2.05) is 60.8 Å². The number of nitrogens with zero attached hydrogens (tertiary/aromatic N) is 1. The molecule has 0 bridgehead atoms. The van der Waals surface area contributed by atoms with Crippen LogP contribution in [0.5, 0.6) is 0 Å². The molecule has 158 valence electrons. The van der Waals surface area contributed by atoms with E-state index in [-0.39, 0.29) is 11.8 Å². The van der Waals surface area contributed by atoms with Crippen molar-refractivity contribution >= 4 is 51.7 Å². The van der Waals surface area contributed by atoms with Gasteiger partial charge in [0, 0.05) is 33.6 Å². The number of fused-ring (bicyclic) bond motifs is 1. The smallest absolute Gasteiger partial charge is 0.268 e. The van der Waals surface area contributed by atoms with Crippen LogP contribution in [0.4, 0.5) is 0 Å². The molecule has 0 aliphatic carbocycles. The minimum absolute atomic E-state index is 0.256. The van der Waals surface area contributed by atoms with Crippen molar-refractivity contribution in [3.8, 4) is 0 Å². The van der Waals surface area contributed by atoms with Gasteiger partial charge in [0.15, 0.2) is 0 Å². The molecule has 0 saturated heterocycles. The highest BCUT2D eigenvalue weighted by atomic mass is 35.5. The standard InChI is InChI=1S/C26H19ClN2O2S/c27-19-12-10-17(11-13-19)23-24(32-20-6-2-1-3-7-20)26(31)29(25(23)30)15-14-18-16-28-22-9-5-4-8-21(18)22/h1-13,16,28H,14-15H2. The van der Waals surface area contributed by atoms with Crippen molar-refractivity contribution in [2.45, 2.75) is 11.3 Å². The van der Waals surface area contributed by atoms with Gasteiger partial charge in [0.05, 0.1) is 10.5 Å². The van der Waals surface area contributed by atoms with E-state index in [1.165, 1.54) is 16.7 Å². The Morgan fingerprint density at radius 3 is 2.34 bits per heavy atom. The fourth-order valence-corrected chi connectivity index (χ4v) is 5.06. The Hall–Kier alpha value is -3.28. The number of carbonyl (C=O) groups is 2. The molecule has 0 atom stereocenters. The normalized spacial score (nSPS) is 14.1. The van der Waals surface area contributed by atoms with Crippen molar-refractivity contribution < 1.29 is 9.59 Å². The zero-order valence-electron chi connectivity index (χ0n) is 17.0. The number of benzene rings is 3. The predicted molar refractivity (Wildman–Crippen MR) is 129 cm³/mol. The SMILES string of the molecule is O=C1C(Sc2ccccc2)=C(c2ccc(Cl)cc2)C(=O)N1CCc1c[nH]c2ccccc12. The van der Waals surface area contributed by atoms with Crippen LogP contribution in [0.15, 0.2) is 94.9 Å². The largest absolute Gasteiger partial charge is 0.361 e. The predicted octanol–water partition coefficient (Wildman–Crippen LogP) is 5.94. The van der Waals surface area contributed by atoms with Crippen LogP contribution in [0.2, 0.25) is 5.02 Å². The number of hydrogen-bond donors (Lipinski definition) is 1. The van der Waals surface area contributed by atoms with Crippen LogP contribution < -0.4 is 0 Å². The van der Waals surface area contributed by atoms with Crippen LogP contribution in [-0.4, -0.2) is 28.2 Å². The van der Waals surface area contributed by atoms with Crippen molar-refractivity contribution in [1.29, 1.82) is 0 Å². The topological polar surface area (TPSA) is 53.2 Å². The van der Waals surface area contributed by atoms with Gasteiger partial charge >= 0.3 is 0 Å². The summed E-state index contributed by atoms with van der Waals surface area (Å²) in [5, 5.41) is 1.69. The Balaban J connectivity index is 1.46. The molecule has 2 heterocycles. The van der Waals surface area contributed by atoms with E-state index in [9.17, 15) is 9.59 Å². The molecule has 0 unspecified atom stereocenters. The number of nitrogens with one attached hydrogen (secondary N) is 1. The van der Waals surface area contributed by atoms with Crippen LogP contribution in [0.1, 0.15) is 11.1 Å². The molecule has 0 spiro atoms. The van der Waals surface area contributed by atoms with E-state index in [0.717, 1.165) is 21.4 Å². The number of carbonyl (C=O) groups excluding carboxylic acids is 2. The number of aromatic nitrogens is 1.